The van der Waals surface area contributed by atoms with Gasteiger partial charge in [0.15, 0.2) is 11.6 Å². The topological polar surface area (TPSA) is 45.1 Å². The molecule has 2 rings (SSSR count). The maximum Gasteiger partial charge on any atom is 0.166 e. The Balaban J connectivity index is 1.89. The number of anilines is 1. The number of nitrogens with one attached hydrogen (secondary N) is 1. The lowest BCUT2D eigenvalue weighted by Gasteiger charge is -2.11. The van der Waals surface area contributed by atoms with Crippen LogP contribution in [0.2, 0.25) is 0 Å². The molecule has 0 saturated heterocycles. The lowest BCUT2D eigenvalue weighted by Crippen LogP contribution is -2.14. The zero-order valence-corrected chi connectivity index (χ0v) is 10.4. The van der Waals surface area contributed by atoms with Crippen LogP contribution in [-0.4, -0.2) is 22.7 Å². The van der Waals surface area contributed by atoms with Crippen LogP contribution in [0.3, 0.4) is 0 Å². The smallest absolute Gasteiger partial charge is 0.166 e. The molecule has 0 aromatic carbocycles. The van der Waals surface area contributed by atoms with Crippen molar-refractivity contribution in [2.45, 2.75) is 25.4 Å². The van der Waals surface area contributed by atoms with E-state index in [-0.39, 0.29) is 17.7 Å². The molecule has 2 atom stereocenters. The van der Waals surface area contributed by atoms with Crippen LogP contribution in [0.15, 0.2) is 16.7 Å². The second-order valence-electron chi connectivity index (χ2n) is 4.20. The maximum atomic E-state index is 13.4. The van der Waals surface area contributed by atoms with E-state index in [1.807, 2.05) is 0 Å². The van der Waals surface area contributed by atoms with Crippen LogP contribution in [0.1, 0.15) is 19.3 Å². The van der Waals surface area contributed by atoms with Crippen LogP contribution in [-0.2, 0) is 0 Å². The minimum atomic E-state index is -0.354. The molecule has 16 heavy (non-hydrogen) atoms. The summed E-state index contributed by atoms with van der Waals surface area (Å²) in [6.07, 6.45) is 4.02. The fraction of sp³-hybridized carbons (Fsp3) is 0.545. The molecule has 0 radical (unpaired) electrons. The molecular formula is C11H14BrFN2O. The molecule has 2 N–H and O–H groups in total. The molecule has 0 aliphatic heterocycles. The zero-order chi connectivity index (χ0) is 11.5. The molecule has 1 aromatic rings. The van der Waals surface area contributed by atoms with Crippen LogP contribution < -0.4 is 5.32 Å². The van der Waals surface area contributed by atoms with Crippen molar-refractivity contribution in [2.24, 2.45) is 5.92 Å². The highest BCUT2D eigenvalue weighted by Gasteiger charge is 2.22. The largest absolute Gasteiger partial charge is 0.393 e. The van der Waals surface area contributed by atoms with Crippen LogP contribution in [0.4, 0.5) is 10.2 Å². The van der Waals surface area contributed by atoms with Crippen molar-refractivity contribution in [3.05, 3.63) is 22.6 Å². The van der Waals surface area contributed by atoms with Gasteiger partial charge in [-0.3, -0.25) is 0 Å². The Kier molecular flexibility index (Phi) is 3.76. The van der Waals surface area contributed by atoms with Gasteiger partial charge in [-0.05, 0) is 47.2 Å². The molecule has 1 aliphatic carbocycles. The van der Waals surface area contributed by atoms with Gasteiger partial charge >= 0.3 is 0 Å². The summed E-state index contributed by atoms with van der Waals surface area (Å²) in [4.78, 5) is 3.96. The van der Waals surface area contributed by atoms with Gasteiger partial charge in [0.25, 0.3) is 0 Å². The van der Waals surface area contributed by atoms with E-state index in [4.69, 9.17) is 0 Å². The maximum absolute atomic E-state index is 13.4. The average Bonchev–Trinajstić information content (AvgIpc) is 2.63. The molecule has 88 valence electrons. The van der Waals surface area contributed by atoms with Crippen molar-refractivity contribution in [1.29, 1.82) is 0 Å². The summed E-state index contributed by atoms with van der Waals surface area (Å²) in [5.41, 5.74) is 0. The number of rotatable bonds is 3. The van der Waals surface area contributed by atoms with Gasteiger partial charge in [0.1, 0.15) is 0 Å². The van der Waals surface area contributed by atoms with E-state index in [2.05, 4.69) is 26.2 Å². The molecule has 0 bridgehead atoms. The molecule has 2 unspecified atom stereocenters. The second kappa shape index (κ2) is 5.10. The van der Waals surface area contributed by atoms with Gasteiger partial charge in [-0.1, -0.05) is 0 Å². The van der Waals surface area contributed by atoms with Gasteiger partial charge in [-0.25, -0.2) is 9.37 Å². The number of pyridine rings is 1. The summed E-state index contributed by atoms with van der Waals surface area (Å²) >= 11 is 3.16. The zero-order valence-electron chi connectivity index (χ0n) is 8.79. The number of hydrogen-bond donors (Lipinski definition) is 2. The summed E-state index contributed by atoms with van der Waals surface area (Å²) in [6.45, 7) is 0.669. The number of aliphatic hydroxyl groups excluding tert-OH is 1. The van der Waals surface area contributed by atoms with Crippen molar-refractivity contribution in [3.63, 3.8) is 0 Å². The number of hydrogen-bond acceptors (Lipinski definition) is 3. The number of aromatic nitrogens is 1. The third-order valence-electron chi connectivity index (χ3n) is 2.88. The summed E-state index contributed by atoms with van der Waals surface area (Å²) in [7, 11) is 0. The highest BCUT2D eigenvalue weighted by molar-refractivity contribution is 9.10. The lowest BCUT2D eigenvalue weighted by atomic mass is 10.1. The summed E-state index contributed by atoms with van der Waals surface area (Å²) in [5.74, 6) is 0.345. The Morgan fingerprint density at radius 2 is 2.38 bits per heavy atom. The Morgan fingerprint density at radius 1 is 1.56 bits per heavy atom. The normalized spacial score (nSPS) is 24.7. The second-order valence-corrected chi connectivity index (χ2v) is 5.11. The predicted octanol–water partition coefficient (Wildman–Crippen LogP) is 2.56. The first-order valence-electron chi connectivity index (χ1n) is 5.38. The SMILES string of the molecule is OC1CCC(CNc2ncc(Br)cc2F)C1. The van der Waals surface area contributed by atoms with E-state index in [9.17, 15) is 9.50 Å². The molecule has 1 fully saturated rings. The Bertz CT molecular complexity index is 375. The minimum absolute atomic E-state index is 0.186. The minimum Gasteiger partial charge on any atom is -0.393 e. The van der Waals surface area contributed by atoms with E-state index in [1.165, 1.54) is 6.07 Å². The van der Waals surface area contributed by atoms with Gasteiger partial charge in [-0.15, -0.1) is 0 Å². The van der Waals surface area contributed by atoms with E-state index in [0.717, 1.165) is 19.3 Å². The van der Waals surface area contributed by atoms with Crippen molar-refractivity contribution < 1.29 is 9.50 Å². The Morgan fingerprint density at radius 3 is 3.00 bits per heavy atom. The Labute approximate surface area is 102 Å². The molecule has 5 heteroatoms. The van der Waals surface area contributed by atoms with E-state index in [1.54, 1.807) is 6.20 Å². The van der Waals surface area contributed by atoms with Crippen molar-refractivity contribution >= 4 is 21.7 Å². The highest BCUT2D eigenvalue weighted by atomic mass is 79.9. The quantitative estimate of drug-likeness (QED) is 0.899. The molecule has 0 amide bonds. The van der Waals surface area contributed by atoms with Crippen LogP contribution in [0.5, 0.6) is 0 Å². The van der Waals surface area contributed by atoms with Gasteiger partial charge in [0.2, 0.25) is 0 Å². The molecule has 1 saturated carbocycles. The molecule has 0 spiro atoms. The van der Waals surface area contributed by atoms with E-state index < -0.39 is 0 Å². The molecular weight excluding hydrogens is 275 g/mol. The van der Waals surface area contributed by atoms with Gasteiger partial charge in [0, 0.05) is 17.2 Å². The molecule has 1 heterocycles. The highest BCUT2D eigenvalue weighted by Crippen LogP contribution is 2.26. The fourth-order valence-electron chi connectivity index (χ4n) is 2.02. The number of aliphatic hydroxyl groups is 1. The van der Waals surface area contributed by atoms with E-state index in [0.29, 0.717) is 16.9 Å². The third-order valence-corrected chi connectivity index (χ3v) is 3.31. The molecule has 1 aliphatic rings. The van der Waals surface area contributed by atoms with Gasteiger partial charge < -0.3 is 10.4 Å². The summed E-state index contributed by atoms with van der Waals surface area (Å²) < 4.78 is 14.0. The summed E-state index contributed by atoms with van der Waals surface area (Å²) in [6, 6.07) is 1.39. The predicted molar refractivity (Wildman–Crippen MR) is 63.7 cm³/mol. The average molecular weight is 289 g/mol. The van der Waals surface area contributed by atoms with Crippen molar-refractivity contribution in [3.8, 4) is 0 Å². The van der Waals surface area contributed by atoms with Crippen LogP contribution in [0.25, 0.3) is 0 Å². The van der Waals surface area contributed by atoms with Gasteiger partial charge in [-0.2, -0.15) is 0 Å². The molecule has 3 nitrogen and oxygen atoms in total. The van der Waals surface area contributed by atoms with E-state index >= 15 is 0 Å². The Hall–Kier alpha value is -0.680. The monoisotopic (exact) mass is 288 g/mol. The first kappa shape index (κ1) is 11.8. The van der Waals surface area contributed by atoms with Crippen molar-refractivity contribution in [1.82, 2.24) is 4.98 Å². The lowest BCUT2D eigenvalue weighted by molar-refractivity contribution is 0.178. The molecule has 1 aromatic heterocycles. The van der Waals surface area contributed by atoms with Crippen molar-refractivity contribution in [2.75, 3.05) is 11.9 Å². The van der Waals surface area contributed by atoms with Crippen LogP contribution >= 0.6 is 15.9 Å². The number of nitrogens with zero attached hydrogens (tertiary/aromatic N) is 1. The van der Waals surface area contributed by atoms with Gasteiger partial charge in [0.05, 0.1) is 6.10 Å². The standard InChI is InChI=1S/C11H14BrFN2O/c12-8-4-10(13)11(15-6-8)14-5-7-1-2-9(16)3-7/h4,6-7,9,16H,1-3,5H2,(H,14,15). The first-order chi connectivity index (χ1) is 7.65. The third kappa shape index (κ3) is 2.92. The summed E-state index contributed by atoms with van der Waals surface area (Å²) in [5, 5.41) is 12.3. The van der Waals surface area contributed by atoms with Crippen LogP contribution in [0, 0.1) is 11.7 Å². The first-order valence-corrected chi connectivity index (χ1v) is 6.17. The fourth-order valence-corrected chi connectivity index (χ4v) is 2.32. The number of halogens is 2.